The molecule has 2 aliphatic rings. The lowest BCUT2D eigenvalue weighted by Crippen LogP contribution is -2.49. The molecule has 206 valence electrons. The van der Waals surface area contributed by atoms with Crippen LogP contribution in [0.15, 0.2) is 47.8 Å². The molecule has 0 atom stereocenters. The SMILES string of the molecule is CC(C)(C)c1ccc2c(c1)N(Cc1nc(C(=O)N3CCN(c4cccc(C(F)(F)F)c4)CC3)cs1)C(=O)CO2. The summed E-state index contributed by atoms with van der Waals surface area (Å²) in [5.41, 5.74) is 1.75. The van der Waals surface area contributed by atoms with Gasteiger partial charge in [0.05, 0.1) is 17.8 Å². The third-order valence-electron chi connectivity index (χ3n) is 6.94. The molecule has 1 fully saturated rings. The van der Waals surface area contributed by atoms with Gasteiger partial charge in [0, 0.05) is 37.2 Å². The summed E-state index contributed by atoms with van der Waals surface area (Å²) in [5, 5.41) is 2.32. The Balaban J connectivity index is 1.25. The Bertz CT molecular complexity index is 1390. The van der Waals surface area contributed by atoms with Gasteiger partial charge in [-0.25, -0.2) is 4.98 Å². The quantitative estimate of drug-likeness (QED) is 0.432. The minimum atomic E-state index is -4.40. The predicted octanol–water partition coefficient (Wildman–Crippen LogP) is 5.35. The molecule has 0 bridgehead atoms. The molecule has 0 aliphatic carbocycles. The molecule has 2 aliphatic heterocycles. The molecule has 2 aromatic carbocycles. The van der Waals surface area contributed by atoms with Gasteiger partial charge in [-0.2, -0.15) is 13.2 Å². The van der Waals surface area contributed by atoms with Gasteiger partial charge in [0.15, 0.2) is 6.61 Å². The second-order valence-corrected chi connectivity index (χ2v) is 11.6. The number of rotatable bonds is 4. The average Bonchev–Trinajstić information content (AvgIpc) is 3.37. The zero-order valence-electron chi connectivity index (χ0n) is 21.9. The van der Waals surface area contributed by atoms with Crippen molar-refractivity contribution in [3.8, 4) is 5.75 Å². The number of halogens is 3. The van der Waals surface area contributed by atoms with Crippen molar-refractivity contribution in [2.75, 3.05) is 42.6 Å². The van der Waals surface area contributed by atoms with E-state index < -0.39 is 11.7 Å². The molecule has 5 rings (SSSR count). The molecule has 0 N–H and O–H groups in total. The Morgan fingerprint density at radius 1 is 1.03 bits per heavy atom. The summed E-state index contributed by atoms with van der Waals surface area (Å²) in [6.07, 6.45) is -4.40. The number of fused-ring (bicyclic) bond motifs is 1. The second-order valence-electron chi connectivity index (χ2n) is 10.7. The second kappa shape index (κ2) is 10.2. The molecule has 11 heteroatoms. The number of hydrogen-bond acceptors (Lipinski definition) is 6. The molecule has 0 saturated carbocycles. The Hall–Kier alpha value is -3.60. The number of carbonyl (C=O) groups excluding carboxylic acids is 2. The third-order valence-corrected chi connectivity index (χ3v) is 7.77. The zero-order valence-corrected chi connectivity index (χ0v) is 22.7. The standard InChI is InChI=1S/C28H29F3N4O3S/c1-27(2,3)18-7-8-23-22(14-18)35(25(36)16-38-23)15-24-32-21(17-39-24)26(37)34-11-9-33(10-12-34)20-6-4-5-19(13-20)28(29,30)31/h4-8,13-14,17H,9-12,15-16H2,1-3H3. The summed E-state index contributed by atoms with van der Waals surface area (Å²) in [5.74, 6) is 0.223. The number of carbonyl (C=O) groups is 2. The number of anilines is 2. The van der Waals surface area contributed by atoms with Crippen LogP contribution in [-0.4, -0.2) is 54.5 Å². The first-order chi connectivity index (χ1) is 18.4. The predicted molar refractivity (Wildman–Crippen MR) is 144 cm³/mol. The summed E-state index contributed by atoms with van der Waals surface area (Å²) in [6, 6.07) is 11.1. The smallest absolute Gasteiger partial charge is 0.416 e. The normalized spacial score (nSPS) is 16.3. The highest BCUT2D eigenvalue weighted by Crippen LogP contribution is 2.37. The fourth-order valence-electron chi connectivity index (χ4n) is 4.67. The van der Waals surface area contributed by atoms with Crippen LogP contribution >= 0.6 is 11.3 Å². The van der Waals surface area contributed by atoms with Gasteiger partial charge in [0.2, 0.25) is 0 Å². The molecule has 1 aromatic heterocycles. The Morgan fingerprint density at radius 3 is 2.46 bits per heavy atom. The number of thiazole rings is 1. The van der Waals surface area contributed by atoms with Crippen molar-refractivity contribution >= 4 is 34.5 Å². The van der Waals surface area contributed by atoms with Gasteiger partial charge in [0.25, 0.3) is 11.8 Å². The summed E-state index contributed by atoms with van der Waals surface area (Å²) in [7, 11) is 0. The molecule has 2 amide bonds. The maximum atomic E-state index is 13.2. The van der Waals surface area contributed by atoms with Crippen molar-refractivity contribution in [1.29, 1.82) is 0 Å². The van der Waals surface area contributed by atoms with E-state index in [0.717, 1.165) is 17.7 Å². The minimum absolute atomic E-state index is 0.0603. The lowest BCUT2D eigenvalue weighted by molar-refractivity contribution is -0.137. The van der Waals surface area contributed by atoms with E-state index >= 15 is 0 Å². The molecule has 1 saturated heterocycles. The van der Waals surface area contributed by atoms with Crippen molar-refractivity contribution in [2.45, 2.75) is 38.9 Å². The van der Waals surface area contributed by atoms with Gasteiger partial charge in [-0.05, 0) is 41.3 Å². The van der Waals surface area contributed by atoms with E-state index in [1.54, 1.807) is 21.2 Å². The van der Waals surface area contributed by atoms with E-state index in [0.29, 0.717) is 54.0 Å². The topological polar surface area (TPSA) is 66.0 Å². The monoisotopic (exact) mass is 558 g/mol. The van der Waals surface area contributed by atoms with Gasteiger partial charge < -0.3 is 14.5 Å². The summed E-state index contributed by atoms with van der Waals surface area (Å²) in [4.78, 5) is 35.6. The molecule has 0 unspecified atom stereocenters. The molecule has 0 radical (unpaired) electrons. The fourth-order valence-corrected chi connectivity index (χ4v) is 5.42. The Kier molecular flexibility index (Phi) is 7.04. The maximum Gasteiger partial charge on any atom is 0.416 e. The van der Waals surface area contributed by atoms with Crippen molar-refractivity contribution in [1.82, 2.24) is 9.88 Å². The van der Waals surface area contributed by atoms with Crippen LogP contribution < -0.4 is 14.5 Å². The number of hydrogen-bond donors (Lipinski definition) is 0. The van der Waals surface area contributed by atoms with Gasteiger partial charge >= 0.3 is 6.18 Å². The van der Waals surface area contributed by atoms with Gasteiger partial charge in [-0.15, -0.1) is 11.3 Å². The lowest BCUT2D eigenvalue weighted by Gasteiger charge is -2.36. The van der Waals surface area contributed by atoms with Crippen LogP contribution in [0.2, 0.25) is 0 Å². The molecule has 3 aromatic rings. The van der Waals surface area contributed by atoms with E-state index in [2.05, 4.69) is 25.8 Å². The van der Waals surface area contributed by atoms with Gasteiger partial charge in [-0.3, -0.25) is 14.5 Å². The molecule has 0 spiro atoms. The van der Waals surface area contributed by atoms with E-state index in [1.165, 1.54) is 17.4 Å². The van der Waals surface area contributed by atoms with E-state index in [4.69, 9.17) is 4.74 Å². The van der Waals surface area contributed by atoms with Gasteiger partial charge in [0.1, 0.15) is 16.5 Å². The van der Waals surface area contributed by atoms with E-state index in [-0.39, 0.29) is 30.4 Å². The third kappa shape index (κ3) is 5.73. The molecule has 3 heterocycles. The highest BCUT2D eigenvalue weighted by atomic mass is 32.1. The zero-order chi connectivity index (χ0) is 27.9. The Labute approximate surface area is 228 Å². The first-order valence-corrected chi connectivity index (χ1v) is 13.5. The van der Waals surface area contributed by atoms with Crippen LogP contribution in [-0.2, 0) is 22.9 Å². The van der Waals surface area contributed by atoms with E-state index in [1.807, 2.05) is 23.1 Å². The minimum Gasteiger partial charge on any atom is -0.482 e. The van der Waals surface area contributed by atoms with Crippen molar-refractivity contribution in [3.63, 3.8) is 0 Å². The van der Waals surface area contributed by atoms with Crippen LogP contribution in [0.25, 0.3) is 0 Å². The van der Waals surface area contributed by atoms with E-state index in [9.17, 15) is 22.8 Å². The van der Waals surface area contributed by atoms with Crippen LogP contribution in [0.5, 0.6) is 5.75 Å². The summed E-state index contributed by atoms with van der Waals surface area (Å²) in [6.45, 7) is 8.03. The molecule has 7 nitrogen and oxygen atoms in total. The van der Waals surface area contributed by atoms with Crippen LogP contribution in [0.4, 0.5) is 24.5 Å². The number of amides is 2. The highest BCUT2D eigenvalue weighted by molar-refractivity contribution is 7.09. The fraction of sp³-hybridized carbons (Fsp3) is 0.393. The van der Waals surface area contributed by atoms with Gasteiger partial charge in [-0.1, -0.05) is 32.9 Å². The number of piperazine rings is 1. The van der Waals surface area contributed by atoms with Crippen LogP contribution in [0, 0.1) is 0 Å². The average molecular weight is 559 g/mol. The number of alkyl halides is 3. The van der Waals surface area contributed by atoms with Crippen molar-refractivity contribution in [3.05, 3.63) is 69.7 Å². The maximum absolute atomic E-state index is 13.2. The molecular formula is C28H29F3N4O3S. The number of ether oxygens (including phenoxy) is 1. The van der Waals surface area contributed by atoms with Crippen LogP contribution in [0.1, 0.15) is 47.4 Å². The molecular weight excluding hydrogens is 529 g/mol. The number of aromatic nitrogens is 1. The largest absolute Gasteiger partial charge is 0.482 e. The summed E-state index contributed by atoms with van der Waals surface area (Å²) >= 11 is 1.31. The number of nitrogens with zero attached hydrogens (tertiary/aromatic N) is 4. The highest BCUT2D eigenvalue weighted by Gasteiger charge is 2.32. The molecule has 39 heavy (non-hydrogen) atoms. The van der Waals surface area contributed by atoms with Crippen molar-refractivity contribution in [2.24, 2.45) is 0 Å². The van der Waals surface area contributed by atoms with Crippen molar-refractivity contribution < 1.29 is 27.5 Å². The lowest BCUT2D eigenvalue weighted by atomic mass is 9.86. The first kappa shape index (κ1) is 27.0. The summed E-state index contributed by atoms with van der Waals surface area (Å²) < 4.78 is 44.9. The Morgan fingerprint density at radius 2 is 1.77 bits per heavy atom. The first-order valence-electron chi connectivity index (χ1n) is 12.6. The van der Waals surface area contributed by atoms with Crippen LogP contribution in [0.3, 0.4) is 0 Å². The number of benzene rings is 2.